The van der Waals surface area contributed by atoms with E-state index in [9.17, 15) is 0 Å². The number of rotatable bonds is 4. The first-order valence-corrected chi connectivity index (χ1v) is 9.41. The number of nitrogens with one attached hydrogen (secondary N) is 1. The van der Waals surface area contributed by atoms with Crippen LogP contribution < -0.4 is 5.32 Å². The second kappa shape index (κ2) is 7.08. The van der Waals surface area contributed by atoms with Gasteiger partial charge in [0.05, 0.1) is 5.69 Å². The molecule has 1 unspecified atom stereocenters. The van der Waals surface area contributed by atoms with Crippen LogP contribution in [-0.4, -0.2) is 14.5 Å². The molecule has 136 valence electrons. The van der Waals surface area contributed by atoms with Crippen molar-refractivity contribution in [2.75, 3.05) is 5.32 Å². The molecule has 2 heterocycles. The van der Waals surface area contributed by atoms with Crippen molar-refractivity contribution in [3.8, 4) is 11.3 Å². The fraction of sp³-hybridized carbons (Fsp3) is 0.182. The molecule has 0 bridgehead atoms. The van der Waals surface area contributed by atoms with E-state index in [1.807, 2.05) is 25.1 Å². The average Bonchev–Trinajstić information content (AvgIpc) is 3.02. The number of anilines is 1. The van der Waals surface area contributed by atoms with Crippen LogP contribution in [-0.2, 0) is 7.05 Å². The molecule has 0 spiro atoms. The minimum absolute atomic E-state index is 0.120. The predicted molar refractivity (Wildman–Crippen MR) is 114 cm³/mol. The molecule has 0 saturated heterocycles. The van der Waals surface area contributed by atoms with Crippen LogP contribution in [0.3, 0.4) is 0 Å². The van der Waals surface area contributed by atoms with E-state index in [4.69, 9.17) is 0 Å². The molecule has 1 atom stereocenters. The summed E-state index contributed by atoms with van der Waals surface area (Å²) in [4.78, 5) is 10.2. The molecule has 0 saturated carbocycles. The Morgan fingerprint density at radius 3 is 2.70 bits per heavy atom. The molecule has 0 fully saturated rings. The van der Waals surface area contributed by atoms with Crippen molar-refractivity contribution in [1.82, 2.24) is 14.5 Å². The van der Waals surface area contributed by atoms with Crippen LogP contribution in [0.1, 0.15) is 24.4 Å². The molecule has 1 N–H and O–H groups in total. The number of aromatic nitrogens is 3. The summed E-state index contributed by atoms with van der Waals surface area (Å²) in [7, 11) is 2.06. The van der Waals surface area contributed by atoms with Crippen molar-refractivity contribution in [3.05, 3.63) is 72.2 Å². The Morgan fingerprint density at radius 2 is 1.89 bits per heavy atom. The van der Waals surface area contributed by atoms with Crippen molar-refractivity contribution in [2.24, 2.45) is 7.05 Å². The average molecular weight is 375 g/mol. The van der Waals surface area contributed by atoms with Gasteiger partial charge in [-0.3, -0.25) is 0 Å². The van der Waals surface area contributed by atoms with E-state index in [0.29, 0.717) is 0 Å². The Hall–Kier alpha value is -2.79. The molecular weight excluding hydrogens is 352 g/mol. The summed E-state index contributed by atoms with van der Waals surface area (Å²) in [6.07, 6.45) is 2.07. The van der Waals surface area contributed by atoms with E-state index < -0.39 is 0 Å². The van der Waals surface area contributed by atoms with Crippen LogP contribution in [0.4, 0.5) is 5.82 Å². The lowest BCUT2D eigenvalue weighted by molar-refractivity contribution is 0.864. The Morgan fingerprint density at radius 1 is 1.04 bits per heavy atom. The maximum atomic E-state index is 4.65. The monoisotopic (exact) mass is 374 g/mol. The van der Waals surface area contributed by atoms with Gasteiger partial charge in [0.15, 0.2) is 0 Å². The zero-order valence-electron chi connectivity index (χ0n) is 15.6. The summed E-state index contributed by atoms with van der Waals surface area (Å²) in [6, 6.07) is 18.8. The van der Waals surface area contributed by atoms with Gasteiger partial charge in [-0.15, -0.1) is 12.6 Å². The van der Waals surface area contributed by atoms with Gasteiger partial charge in [0.25, 0.3) is 0 Å². The van der Waals surface area contributed by atoms with Gasteiger partial charge in [-0.1, -0.05) is 24.3 Å². The quantitative estimate of drug-likeness (QED) is 0.470. The molecule has 2 aromatic heterocycles. The summed E-state index contributed by atoms with van der Waals surface area (Å²) in [5.41, 5.74) is 4.37. The molecule has 27 heavy (non-hydrogen) atoms. The maximum absolute atomic E-state index is 4.65. The Bertz CT molecular complexity index is 1120. The lowest BCUT2D eigenvalue weighted by Crippen LogP contribution is -2.09. The SMILES string of the molecule is Cc1nc(NC(C)c2cccc(S)c2)cc(-c2ccc3ccn(C)c3c2)n1. The summed E-state index contributed by atoms with van der Waals surface area (Å²) < 4.78 is 2.12. The third-order valence-corrected chi connectivity index (χ3v) is 5.03. The van der Waals surface area contributed by atoms with Gasteiger partial charge < -0.3 is 9.88 Å². The maximum Gasteiger partial charge on any atom is 0.130 e. The van der Waals surface area contributed by atoms with E-state index in [0.717, 1.165) is 27.8 Å². The van der Waals surface area contributed by atoms with Gasteiger partial charge in [-0.05, 0) is 49.1 Å². The second-order valence-corrected chi connectivity index (χ2v) is 7.36. The van der Waals surface area contributed by atoms with Crippen LogP contribution in [0.2, 0.25) is 0 Å². The van der Waals surface area contributed by atoms with Crippen molar-refractivity contribution >= 4 is 29.3 Å². The molecule has 4 aromatic rings. The number of thiol groups is 1. The van der Waals surface area contributed by atoms with Crippen LogP contribution in [0, 0.1) is 6.92 Å². The summed E-state index contributed by atoms with van der Waals surface area (Å²) in [5, 5.41) is 4.72. The van der Waals surface area contributed by atoms with Crippen molar-refractivity contribution < 1.29 is 0 Å². The summed E-state index contributed by atoms with van der Waals surface area (Å²) in [6.45, 7) is 4.05. The molecule has 5 heteroatoms. The van der Waals surface area contributed by atoms with E-state index in [1.165, 1.54) is 16.5 Å². The fourth-order valence-electron chi connectivity index (χ4n) is 3.31. The Kier molecular flexibility index (Phi) is 4.62. The van der Waals surface area contributed by atoms with Gasteiger partial charge in [-0.25, -0.2) is 9.97 Å². The van der Waals surface area contributed by atoms with Crippen molar-refractivity contribution in [1.29, 1.82) is 0 Å². The van der Waals surface area contributed by atoms with Crippen LogP contribution in [0.25, 0.3) is 22.2 Å². The highest BCUT2D eigenvalue weighted by Crippen LogP contribution is 2.27. The zero-order valence-corrected chi connectivity index (χ0v) is 16.5. The first kappa shape index (κ1) is 17.6. The summed E-state index contributed by atoms with van der Waals surface area (Å²) in [5.74, 6) is 1.57. The van der Waals surface area contributed by atoms with Crippen LogP contribution in [0.5, 0.6) is 0 Å². The smallest absolute Gasteiger partial charge is 0.130 e. The first-order valence-electron chi connectivity index (χ1n) is 8.96. The van der Waals surface area contributed by atoms with Crippen LogP contribution >= 0.6 is 12.6 Å². The van der Waals surface area contributed by atoms with Gasteiger partial charge >= 0.3 is 0 Å². The predicted octanol–water partition coefficient (Wildman–Crippen LogP) is 5.41. The number of hydrogen-bond acceptors (Lipinski definition) is 4. The lowest BCUT2D eigenvalue weighted by atomic mass is 10.1. The molecule has 4 nitrogen and oxygen atoms in total. The third-order valence-electron chi connectivity index (χ3n) is 4.76. The zero-order chi connectivity index (χ0) is 19.0. The highest BCUT2D eigenvalue weighted by atomic mass is 32.1. The second-order valence-electron chi connectivity index (χ2n) is 6.85. The van der Waals surface area contributed by atoms with Gasteiger partial charge in [0, 0.05) is 41.3 Å². The minimum Gasteiger partial charge on any atom is -0.363 e. The van der Waals surface area contributed by atoms with Gasteiger partial charge in [0.1, 0.15) is 11.6 Å². The van der Waals surface area contributed by atoms with Gasteiger partial charge in [-0.2, -0.15) is 0 Å². The third kappa shape index (κ3) is 3.69. The first-order chi connectivity index (χ1) is 13.0. The molecule has 0 aliphatic carbocycles. The topological polar surface area (TPSA) is 42.7 Å². The van der Waals surface area contributed by atoms with E-state index >= 15 is 0 Å². The summed E-state index contributed by atoms with van der Waals surface area (Å²) >= 11 is 4.43. The Balaban J connectivity index is 1.67. The molecule has 2 aromatic carbocycles. The van der Waals surface area contributed by atoms with Crippen molar-refractivity contribution in [3.63, 3.8) is 0 Å². The van der Waals surface area contributed by atoms with Crippen molar-refractivity contribution in [2.45, 2.75) is 24.8 Å². The van der Waals surface area contributed by atoms with Gasteiger partial charge in [0.2, 0.25) is 0 Å². The molecule has 0 amide bonds. The Labute approximate surface area is 164 Å². The molecule has 0 aliphatic rings. The highest BCUT2D eigenvalue weighted by Gasteiger charge is 2.10. The van der Waals surface area contributed by atoms with Crippen LogP contribution in [0.15, 0.2) is 65.7 Å². The molecular formula is C22H22N4S. The normalized spacial score (nSPS) is 12.3. The molecule has 0 radical (unpaired) electrons. The number of hydrogen-bond donors (Lipinski definition) is 2. The number of fused-ring (bicyclic) bond motifs is 1. The molecule has 4 rings (SSSR count). The standard InChI is InChI=1S/C22H22N4S/c1-14(17-5-4-6-19(27)11-17)23-22-13-20(24-15(2)25-22)18-8-7-16-9-10-26(3)21(16)12-18/h4-14,27H,1-3H3,(H,23,24,25). The number of nitrogens with zero attached hydrogens (tertiary/aromatic N) is 3. The number of aryl methyl sites for hydroxylation is 2. The van der Waals surface area contributed by atoms with E-state index in [1.54, 1.807) is 0 Å². The van der Waals surface area contributed by atoms with E-state index in [2.05, 4.69) is 89.0 Å². The number of benzene rings is 2. The lowest BCUT2D eigenvalue weighted by Gasteiger charge is -2.16. The minimum atomic E-state index is 0.120. The highest BCUT2D eigenvalue weighted by molar-refractivity contribution is 7.80. The molecule has 0 aliphatic heterocycles. The van der Waals surface area contributed by atoms with E-state index in [-0.39, 0.29) is 6.04 Å². The fourth-order valence-corrected chi connectivity index (χ4v) is 3.55. The largest absolute Gasteiger partial charge is 0.363 e.